The zero-order chi connectivity index (χ0) is 9.97. The van der Waals surface area contributed by atoms with E-state index < -0.39 is 0 Å². The molecule has 0 unspecified atom stereocenters. The second-order valence-corrected chi connectivity index (χ2v) is 3.56. The van der Waals surface area contributed by atoms with Gasteiger partial charge in [-0.1, -0.05) is 0 Å². The lowest BCUT2D eigenvalue weighted by atomic mass is 10.3. The summed E-state index contributed by atoms with van der Waals surface area (Å²) in [6.07, 6.45) is 1.46. The molecule has 0 radical (unpaired) electrons. The summed E-state index contributed by atoms with van der Waals surface area (Å²) in [5.74, 6) is 6.22. The number of anilines is 1. The van der Waals surface area contributed by atoms with Crippen molar-refractivity contribution in [3.05, 3.63) is 10.8 Å². The lowest BCUT2D eigenvalue weighted by Crippen LogP contribution is -2.38. The van der Waals surface area contributed by atoms with Crippen LogP contribution in [0.5, 0.6) is 5.88 Å². The summed E-state index contributed by atoms with van der Waals surface area (Å²) in [6.45, 7) is 1.20. The van der Waals surface area contributed by atoms with Crippen LogP contribution in [-0.4, -0.2) is 29.3 Å². The third kappa shape index (κ3) is 1.79. The van der Waals surface area contributed by atoms with Crippen molar-refractivity contribution in [2.45, 2.75) is 6.10 Å². The van der Waals surface area contributed by atoms with Crippen molar-refractivity contribution in [2.24, 2.45) is 5.84 Å². The van der Waals surface area contributed by atoms with E-state index in [1.54, 1.807) is 0 Å². The Kier molecular flexibility index (Phi) is 2.80. The molecule has 0 amide bonds. The maximum absolute atomic E-state index is 5.51. The average molecular weight is 261 g/mol. The highest BCUT2D eigenvalue weighted by atomic mass is 79.9. The normalized spacial score (nSPS) is 16.1. The van der Waals surface area contributed by atoms with E-state index in [1.165, 1.54) is 6.33 Å². The van der Waals surface area contributed by atoms with E-state index in [4.69, 9.17) is 15.3 Å². The van der Waals surface area contributed by atoms with Crippen molar-refractivity contribution in [2.75, 3.05) is 18.6 Å². The van der Waals surface area contributed by atoms with E-state index in [0.29, 0.717) is 29.4 Å². The zero-order valence-corrected chi connectivity index (χ0v) is 8.82. The van der Waals surface area contributed by atoms with E-state index in [9.17, 15) is 0 Å². The Balaban J connectivity index is 2.15. The molecule has 76 valence electrons. The van der Waals surface area contributed by atoms with Crippen molar-refractivity contribution >= 4 is 21.7 Å². The molecule has 2 heterocycles. The van der Waals surface area contributed by atoms with E-state index in [0.717, 1.165) is 0 Å². The minimum atomic E-state index is 0.0758. The average Bonchev–Trinajstić information content (AvgIpc) is 2.13. The minimum Gasteiger partial charge on any atom is -0.468 e. The Morgan fingerprint density at radius 1 is 1.57 bits per heavy atom. The molecule has 1 aliphatic rings. The summed E-state index contributed by atoms with van der Waals surface area (Å²) in [7, 11) is 0. The summed E-state index contributed by atoms with van der Waals surface area (Å²) in [5, 5.41) is 0. The minimum absolute atomic E-state index is 0.0758. The molecule has 1 aliphatic heterocycles. The van der Waals surface area contributed by atoms with Gasteiger partial charge in [0.1, 0.15) is 16.9 Å². The van der Waals surface area contributed by atoms with E-state index in [-0.39, 0.29) is 6.10 Å². The third-order valence-corrected chi connectivity index (χ3v) is 2.49. The summed E-state index contributed by atoms with van der Waals surface area (Å²) < 4.78 is 11.1. The molecule has 0 spiro atoms. The van der Waals surface area contributed by atoms with Gasteiger partial charge in [0.25, 0.3) is 0 Å². The van der Waals surface area contributed by atoms with Gasteiger partial charge in [0.2, 0.25) is 5.88 Å². The molecule has 7 heteroatoms. The van der Waals surface area contributed by atoms with Crippen LogP contribution in [0.25, 0.3) is 0 Å². The molecular weight excluding hydrogens is 252 g/mol. The van der Waals surface area contributed by atoms with Gasteiger partial charge in [-0.3, -0.25) is 0 Å². The van der Waals surface area contributed by atoms with Crippen molar-refractivity contribution in [1.82, 2.24) is 9.97 Å². The number of nitrogen functional groups attached to an aromatic ring is 1. The summed E-state index contributed by atoms with van der Waals surface area (Å²) in [5.41, 5.74) is 2.44. The quantitative estimate of drug-likeness (QED) is 0.601. The number of nitrogens with zero attached hydrogens (tertiary/aromatic N) is 2. The third-order valence-electron chi connectivity index (χ3n) is 1.78. The van der Waals surface area contributed by atoms with Crippen LogP contribution in [0, 0.1) is 0 Å². The van der Waals surface area contributed by atoms with Gasteiger partial charge in [-0.25, -0.2) is 15.8 Å². The number of ether oxygens (including phenoxy) is 2. The largest absolute Gasteiger partial charge is 0.468 e. The smallest absolute Gasteiger partial charge is 0.233 e. The molecule has 0 bridgehead atoms. The predicted octanol–water partition coefficient (Wildman–Crippen LogP) is 0.302. The number of nitrogens with two attached hydrogens (primary N) is 1. The van der Waals surface area contributed by atoms with Crippen molar-refractivity contribution in [1.29, 1.82) is 0 Å². The van der Waals surface area contributed by atoms with Crippen LogP contribution in [0.15, 0.2) is 10.8 Å². The van der Waals surface area contributed by atoms with E-state index >= 15 is 0 Å². The first-order chi connectivity index (χ1) is 6.81. The van der Waals surface area contributed by atoms with E-state index in [1.807, 2.05) is 0 Å². The number of hydrazine groups is 1. The lowest BCUT2D eigenvalue weighted by molar-refractivity contribution is -0.0816. The molecule has 6 nitrogen and oxygen atoms in total. The van der Waals surface area contributed by atoms with Crippen molar-refractivity contribution in [3.63, 3.8) is 0 Å². The maximum Gasteiger partial charge on any atom is 0.233 e. The molecule has 14 heavy (non-hydrogen) atoms. The Labute approximate surface area is 88.9 Å². The Morgan fingerprint density at radius 2 is 2.36 bits per heavy atom. The van der Waals surface area contributed by atoms with Gasteiger partial charge in [-0.2, -0.15) is 0 Å². The number of halogens is 1. The highest BCUT2D eigenvalue weighted by Gasteiger charge is 2.22. The van der Waals surface area contributed by atoms with Crippen LogP contribution in [0.2, 0.25) is 0 Å². The summed E-state index contributed by atoms with van der Waals surface area (Å²) >= 11 is 3.29. The van der Waals surface area contributed by atoms with E-state index in [2.05, 4.69) is 31.3 Å². The van der Waals surface area contributed by atoms with Gasteiger partial charge in [-0.15, -0.1) is 0 Å². The second kappa shape index (κ2) is 4.07. The number of nitrogens with one attached hydrogen (secondary N) is 1. The highest BCUT2D eigenvalue weighted by Crippen LogP contribution is 2.29. The Morgan fingerprint density at radius 3 is 2.93 bits per heavy atom. The van der Waals surface area contributed by atoms with Crippen LogP contribution in [0.1, 0.15) is 0 Å². The lowest BCUT2D eigenvalue weighted by Gasteiger charge is -2.26. The summed E-state index contributed by atoms with van der Waals surface area (Å²) in [4.78, 5) is 7.88. The number of hydrogen-bond donors (Lipinski definition) is 2. The maximum atomic E-state index is 5.51. The van der Waals surface area contributed by atoms with Gasteiger partial charge in [0.15, 0.2) is 5.82 Å². The molecule has 1 saturated heterocycles. The first-order valence-electron chi connectivity index (χ1n) is 4.02. The van der Waals surface area contributed by atoms with Crippen LogP contribution in [0.3, 0.4) is 0 Å². The predicted molar refractivity (Wildman–Crippen MR) is 52.8 cm³/mol. The molecule has 1 aromatic heterocycles. The summed E-state index contributed by atoms with van der Waals surface area (Å²) in [6, 6.07) is 0. The highest BCUT2D eigenvalue weighted by molar-refractivity contribution is 9.10. The van der Waals surface area contributed by atoms with Crippen molar-refractivity contribution < 1.29 is 9.47 Å². The van der Waals surface area contributed by atoms with Gasteiger partial charge >= 0.3 is 0 Å². The molecule has 0 saturated carbocycles. The number of hydrogen-bond acceptors (Lipinski definition) is 6. The monoisotopic (exact) mass is 260 g/mol. The first-order valence-corrected chi connectivity index (χ1v) is 4.82. The van der Waals surface area contributed by atoms with Crippen molar-refractivity contribution in [3.8, 4) is 5.88 Å². The van der Waals surface area contributed by atoms with Gasteiger partial charge in [0, 0.05) is 0 Å². The van der Waals surface area contributed by atoms with Crippen LogP contribution < -0.4 is 16.0 Å². The molecule has 1 fully saturated rings. The van der Waals surface area contributed by atoms with Crippen LogP contribution in [0.4, 0.5) is 5.82 Å². The molecule has 0 aromatic carbocycles. The molecule has 3 N–H and O–H groups in total. The fourth-order valence-corrected chi connectivity index (χ4v) is 1.39. The first kappa shape index (κ1) is 9.63. The SMILES string of the molecule is NNc1ncnc(OC2COC2)c1Br. The fraction of sp³-hybridized carbons (Fsp3) is 0.429. The topological polar surface area (TPSA) is 82.3 Å². The Bertz CT molecular complexity index is 331. The van der Waals surface area contributed by atoms with Gasteiger partial charge < -0.3 is 14.9 Å². The molecule has 2 rings (SSSR count). The Hall–Kier alpha value is -0.920. The molecular formula is C7H9BrN4O2. The van der Waals surface area contributed by atoms with Gasteiger partial charge in [0.05, 0.1) is 13.2 Å². The zero-order valence-electron chi connectivity index (χ0n) is 7.24. The molecule has 0 atom stereocenters. The van der Waals surface area contributed by atoms with Gasteiger partial charge in [-0.05, 0) is 15.9 Å². The number of rotatable bonds is 3. The fourth-order valence-electron chi connectivity index (χ4n) is 0.976. The molecule has 0 aliphatic carbocycles. The van der Waals surface area contributed by atoms with Crippen LogP contribution in [-0.2, 0) is 4.74 Å². The second-order valence-electron chi connectivity index (χ2n) is 2.76. The molecule has 1 aromatic rings. The van der Waals surface area contributed by atoms with Crippen LogP contribution >= 0.6 is 15.9 Å². The standard InChI is InChI=1S/C7H9BrN4O2/c8-5-6(12-9)10-3-11-7(5)14-4-1-13-2-4/h3-4H,1-2,9H2,(H,10,11,12). The number of aromatic nitrogens is 2.